The van der Waals surface area contributed by atoms with Gasteiger partial charge in [-0.05, 0) is 13.0 Å². The zero-order chi connectivity index (χ0) is 6.78. The molecule has 1 unspecified atom stereocenters. The summed E-state index contributed by atoms with van der Waals surface area (Å²) in [6.07, 6.45) is 0. The maximum atomic E-state index is 5.83. The van der Waals surface area contributed by atoms with Gasteiger partial charge in [0.2, 0.25) is 0 Å². The van der Waals surface area contributed by atoms with E-state index in [9.17, 15) is 0 Å². The lowest BCUT2D eigenvalue weighted by Crippen LogP contribution is -2.28. The van der Waals surface area contributed by atoms with E-state index in [1.807, 2.05) is 13.8 Å². The first kappa shape index (κ1) is 9.09. The Bertz CT molecular complexity index is 71.7. The number of rotatable bonds is 2. The van der Waals surface area contributed by atoms with Gasteiger partial charge in [0.1, 0.15) is 0 Å². The highest BCUT2D eigenvalue weighted by Gasteiger charge is 2.31. The van der Waals surface area contributed by atoms with Gasteiger partial charge in [-0.25, -0.2) is 0 Å². The molecule has 4 heteroatoms. The van der Waals surface area contributed by atoms with Crippen LogP contribution in [0.2, 0.25) is 6.04 Å². The summed E-state index contributed by atoms with van der Waals surface area (Å²) < 4.78 is 0. The predicted octanol–water partition coefficient (Wildman–Crippen LogP) is 3.09. The molecule has 0 fully saturated rings. The van der Waals surface area contributed by atoms with Crippen molar-refractivity contribution < 1.29 is 0 Å². The van der Waals surface area contributed by atoms with E-state index in [0.29, 0.717) is 0 Å². The Kier molecular flexibility index (Phi) is 3.75. The van der Waals surface area contributed by atoms with Crippen LogP contribution in [0.4, 0.5) is 0 Å². The molecule has 0 aromatic heterocycles. The lowest BCUT2D eigenvalue weighted by Gasteiger charge is -2.15. The van der Waals surface area contributed by atoms with Crippen LogP contribution in [-0.4, -0.2) is 11.7 Å². The van der Waals surface area contributed by atoms with Gasteiger partial charge in [0.25, 0.3) is 6.69 Å². The van der Waals surface area contributed by atoms with E-state index >= 15 is 0 Å². The second kappa shape index (κ2) is 3.30. The molecule has 1 atom stereocenters. The van der Waals surface area contributed by atoms with Gasteiger partial charge in [0, 0.05) is 0 Å². The molecule has 0 aliphatic rings. The van der Waals surface area contributed by atoms with Crippen molar-refractivity contribution in [2.45, 2.75) is 24.9 Å². The second-order valence-electron chi connectivity index (χ2n) is 1.73. The minimum atomic E-state index is -2.04. The number of alkyl halides is 1. The van der Waals surface area contributed by atoms with Crippen LogP contribution < -0.4 is 0 Å². The lowest BCUT2D eigenvalue weighted by atomic mass is 10.9. The van der Waals surface area contributed by atoms with Crippen LogP contribution in [0.3, 0.4) is 0 Å². The van der Waals surface area contributed by atoms with Gasteiger partial charge in [0.15, 0.2) is 0 Å². The Morgan fingerprint density at radius 3 is 1.88 bits per heavy atom. The molecule has 0 nitrogen and oxygen atoms in total. The van der Waals surface area contributed by atoms with E-state index in [0.717, 1.165) is 6.04 Å². The van der Waals surface area contributed by atoms with Gasteiger partial charge in [-0.1, -0.05) is 6.92 Å². The molecule has 0 aliphatic carbocycles. The topological polar surface area (TPSA) is 0 Å². The first-order valence-electron chi connectivity index (χ1n) is 2.52. The first-order chi connectivity index (χ1) is 3.50. The summed E-state index contributed by atoms with van der Waals surface area (Å²) in [5, 5.41) is -0.0455. The van der Waals surface area contributed by atoms with E-state index in [1.54, 1.807) is 0 Å². The molecule has 0 N–H and O–H groups in total. The third-order valence-corrected chi connectivity index (χ3v) is 8.52. The largest absolute Gasteiger partial charge is 0.267 e. The molecule has 0 rings (SSSR count). The van der Waals surface area contributed by atoms with Crippen LogP contribution in [0.1, 0.15) is 13.8 Å². The fourth-order valence-electron chi connectivity index (χ4n) is 0.281. The van der Waals surface area contributed by atoms with Crippen LogP contribution in [0.15, 0.2) is 0 Å². The molecule has 0 aliphatic heterocycles. The van der Waals surface area contributed by atoms with Crippen molar-refractivity contribution in [3.8, 4) is 0 Å². The molecule has 0 radical (unpaired) electrons. The first-order valence-corrected chi connectivity index (χ1v) is 7.27. The van der Waals surface area contributed by atoms with E-state index in [-0.39, 0.29) is 5.00 Å². The minimum Gasteiger partial charge on any atom is -0.144 e. The van der Waals surface area contributed by atoms with Crippen LogP contribution in [0, 0.1) is 0 Å². The summed E-state index contributed by atoms with van der Waals surface area (Å²) in [7, 11) is 0. The number of halogens is 3. The van der Waals surface area contributed by atoms with Crippen molar-refractivity contribution in [1.29, 1.82) is 0 Å². The molecule has 0 amide bonds. The van der Waals surface area contributed by atoms with Crippen molar-refractivity contribution in [2.24, 2.45) is 0 Å². The molecule has 0 heterocycles. The Labute approximate surface area is 65.5 Å². The maximum absolute atomic E-state index is 5.83. The average Bonchev–Trinajstić information content (AvgIpc) is 1.67. The van der Waals surface area contributed by atoms with Crippen molar-refractivity contribution >= 4 is 40.5 Å². The second-order valence-corrected chi connectivity index (χ2v) is 10.5. The minimum absolute atomic E-state index is 0.0455. The molecular formula is C4H9Cl3Si. The number of hydrogen-bond donors (Lipinski definition) is 0. The molecular weight excluding hydrogens is 182 g/mol. The predicted molar refractivity (Wildman–Crippen MR) is 43.3 cm³/mol. The van der Waals surface area contributed by atoms with Gasteiger partial charge in [-0.15, -0.1) is 33.8 Å². The lowest BCUT2D eigenvalue weighted by molar-refractivity contribution is 1.28. The van der Waals surface area contributed by atoms with Crippen LogP contribution in [-0.2, 0) is 0 Å². The maximum Gasteiger partial charge on any atom is 0.267 e. The Hall–Kier alpha value is 1.09. The highest BCUT2D eigenvalue weighted by molar-refractivity contribution is 7.47. The Balaban J connectivity index is 3.71. The van der Waals surface area contributed by atoms with Crippen LogP contribution in [0.25, 0.3) is 0 Å². The van der Waals surface area contributed by atoms with Gasteiger partial charge in [-0.2, -0.15) is 0 Å². The Morgan fingerprint density at radius 2 is 1.88 bits per heavy atom. The molecule has 0 spiro atoms. The van der Waals surface area contributed by atoms with Gasteiger partial charge < -0.3 is 0 Å². The summed E-state index contributed by atoms with van der Waals surface area (Å²) in [6, 6.07) is 0.820. The number of hydrogen-bond acceptors (Lipinski definition) is 0. The van der Waals surface area contributed by atoms with E-state index in [2.05, 4.69) is 0 Å². The van der Waals surface area contributed by atoms with Gasteiger partial charge in [0.05, 0.1) is 5.00 Å². The SMILES string of the molecule is CC[Si](Cl)(Cl)C(C)Cl. The average molecular weight is 192 g/mol. The molecule has 50 valence electrons. The Morgan fingerprint density at radius 1 is 1.50 bits per heavy atom. The molecule has 8 heavy (non-hydrogen) atoms. The summed E-state index contributed by atoms with van der Waals surface area (Å²) >= 11 is 17.3. The van der Waals surface area contributed by atoms with Crippen molar-refractivity contribution in [1.82, 2.24) is 0 Å². The summed E-state index contributed by atoms with van der Waals surface area (Å²) in [5.74, 6) is 0. The summed E-state index contributed by atoms with van der Waals surface area (Å²) in [5.41, 5.74) is 0. The van der Waals surface area contributed by atoms with Crippen LogP contribution >= 0.6 is 33.8 Å². The van der Waals surface area contributed by atoms with Crippen molar-refractivity contribution in [3.63, 3.8) is 0 Å². The van der Waals surface area contributed by atoms with Crippen molar-refractivity contribution in [2.75, 3.05) is 0 Å². The highest BCUT2D eigenvalue weighted by Crippen LogP contribution is 2.27. The molecule has 0 bridgehead atoms. The van der Waals surface area contributed by atoms with E-state index in [1.165, 1.54) is 0 Å². The molecule has 0 saturated heterocycles. The standard InChI is InChI=1S/C4H9Cl3Si/c1-3-8(6,7)4(2)5/h4H,3H2,1-2H3. The zero-order valence-electron chi connectivity index (χ0n) is 4.92. The van der Waals surface area contributed by atoms with Gasteiger partial charge >= 0.3 is 0 Å². The fourth-order valence-corrected chi connectivity index (χ4v) is 1.31. The molecule has 0 aromatic carbocycles. The quantitative estimate of drug-likeness (QED) is 0.358. The fraction of sp³-hybridized carbons (Fsp3) is 1.00. The summed E-state index contributed by atoms with van der Waals surface area (Å²) in [6.45, 7) is 1.76. The van der Waals surface area contributed by atoms with Crippen molar-refractivity contribution in [3.05, 3.63) is 0 Å². The summed E-state index contributed by atoms with van der Waals surface area (Å²) in [4.78, 5) is 0. The van der Waals surface area contributed by atoms with E-state index in [4.69, 9.17) is 33.8 Å². The monoisotopic (exact) mass is 190 g/mol. The van der Waals surface area contributed by atoms with Crippen LogP contribution in [0.5, 0.6) is 0 Å². The molecule has 0 aromatic rings. The zero-order valence-corrected chi connectivity index (χ0v) is 8.19. The highest BCUT2D eigenvalue weighted by atomic mass is 35.7. The normalized spacial score (nSPS) is 16.1. The third kappa shape index (κ3) is 2.58. The van der Waals surface area contributed by atoms with E-state index < -0.39 is 6.69 Å². The smallest absolute Gasteiger partial charge is 0.144 e. The third-order valence-electron chi connectivity index (χ3n) is 1.05. The van der Waals surface area contributed by atoms with Gasteiger partial charge in [-0.3, -0.25) is 0 Å². The molecule has 0 saturated carbocycles.